The second kappa shape index (κ2) is 32.8. The van der Waals surface area contributed by atoms with E-state index in [4.69, 9.17) is 86.4 Å². The van der Waals surface area contributed by atoms with E-state index in [2.05, 4.69) is 42.0 Å². The molecule has 1 fully saturated rings. The van der Waals surface area contributed by atoms with Crippen molar-refractivity contribution in [2.45, 2.75) is 159 Å². The van der Waals surface area contributed by atoms with Gasteiger partial charge in [-0.05, 0) is 137 Å². The van der Waals surface area contributed by atoms with Crippen LogP contribution in [0.2, 0.25) is 15.1 Å². The SMILES string of the molecule is C/C(=N\O)c1ccc(-c2c(F)c(Cl)cc([C@H](C)c3nc(C)c4c(N)nccn34)c2OC(C)C)cn1.Cc1c(Cl)cc([C@H](C)c2nc(C)c3c(N)nccn23)c(OC(C)C)c1-c1ccc(C(F)(F)F)nc1.Cc1nc([C@@H](C)c2cc(Cl)c(F)c(-c3ccc(C(=O)N4CCC(C)CC4)nc3)c2OC(C)C)n2ccnc(N)c12. The zero-order valence-corrected chi connectivity index (χ0v) is 65.6. The van der Waals surface area contributed by atoms with Crippen LogP contribution in [0.1, 0.15) is 185 Å². The molecule has 1 aliphatic rings. The van der Waals surface area contributed by atoms with Crippen LogP contribution in [0.4, 0.5) is 39.4 Å². The molecule has 1 amide bonds. The van der Waals surface area contributed by atoms with Crippen LogP contribution in [-0.2, 0) is 6.18 Å². The molecule has 110 heavy (non-hydrogen) atoms. The Kier molecular flexibility index (Phi) is 23.9. The number of carbonyl (C=O) groups excluding carboxylic acids is 1. The van der Waals surface area contributed by atoms with Crippen LogP contribution in [0.3, 0.4) is 0 Å². The number of aryl methyl sites for hydroxylation is 3. The van der Waals surface area contributed by atoms with E-state index >= 15 is 8.78 Å². The minimum Gasteiger partial charge on any atom is -0.490 e. The van der Waals surface area contributed by atoms with Crippen molar-refractivity contribution in [1.82, 2.24) is 63.0 Å². The maximum absolute atomic E-state index is 15.8. The van der Waals surface area contributed by atoms with Crippen molar-refractivity contribution in [3.63, 3.8) is 0 Å². The molecule has 0 unspecified atom stereocenters. The molecular formula is C80H85Cl3F5N17O5. The lowest BCUT2D eigenvalue weighted by Gasteiger charge is -2.30. The summed E-state index contributed by atoms with van der Waals surface area (Å²) in [5.41, 5.74) is 28.0. The Morgan fingerprint density at radius 1 is 0.536 bits per heavy atom. The second-order valence-electron chi connectivity index (χ2n) is 28.1. The molecule has 576 valence electrons. The van der Waals surface area contributed by atoms with Crippen LogP contribution in [0.25, 0.3) is 49.9 Å². The smallest absolute Gasteiger partial charge is 0.433 e. The Labute approximate surface area is 647 Å². The number of fused-ring (bicyclic) bond motifs is 3. The fraction of sp³-hybridized carbons (Fsp3) is 0.338. The van der Waals surface area contributed by atoms with Crippen molar-refractivity contribution >= 4 is 80.4 Å². The molecule has 10 heterocycles. The molecule has 0 radical (unpaired) electrons. The summed E-state index contributed by atoms with van der Waals surface area (Å²) < 4.78 is 95.0. The van der Waals surface area contributed by atoms with E-state index < -0.39 is 23.5 Å². The van der Waals surface area contributed by atoms with Crippen LogP contribution in [0.15, 0.2) is 116 Å². The van der Waals surface area contributed by atoms with E-state index in [0.717, 1.165) is 52.6 Å². The number of nitrogens with zero attached hydrogens (tertiary/aromatic N) is 14. The Balaban J connectivity index is 0.000000164. The highest BCUT2D eigenvalue weighted by atomic mass is 35.5. The van der Waals surface area contributed by atoms with Crippen molar-refractivity contribution in [1.29, 1.82) is 0 Å². The van der Waals surface area contributed by atoms with E-state index in [1.54, 1.807) is 87.4 Å². The quantitative estimate of drug-likeness (QED) is 0.0285. The van der Waals surface area contributed by atoms with Crippen molar-refractivity contribution in [3.05, 3.63) is 211 Å². The van der Waals surface area contributed by atoms with Gasteiger partial charge in [0.25, 0.3) is 5.91 Å². The average Bonchev–Trinajstić information content (AvgIpc) is 1.41. The molecular weight excluding hydrogens is 1480 g/mol. The molecule has 7 N–H and O–H groups in total. The third-order valence-electron chi connectivity index (χ3n) is 19.1. The number of carbonyl (C=O) groups is 1. The van der Waals surface area contributed by atoms with Gasteiger partial charge in [0.2, 0.25) is 0 Å². The lowest BCUT2D eigenvalue weighted by atomic mass is 9.91. The van der Waals surface area contributed by atoms with Gasteiger partial charge in [-0.15, -0.1) is 0 Å². The minimum atomic E-state index is -4.53. The zero-order chi connectivity index (χ0) is 79.8. The van der Waals surface area contributed by atoms with Crippen molar-refractivity contribution in [2.75, 3.05) is 30.3 Å². The van der Waals surface area contributed by atoms with Crippen molar-refractivity contribution in [2.24, 2.45) is 11.1 Å². The van der Waals surface area contributed by atoms with Crippen molar-refractivity contribution < 1.29 is 46.2 Å². The van der Waals surface area contributed by atoms with Crippen LogP contribution in [0.5, 0.6) is 17.2 Å². The highest BCUT2D eigenvalue weighted by Crippen LogP contribution is 2.49. The molecule has 3 atom stereocenters. The lowest BCUT2D eigenvalue weighted by molar-refractivity contribution is -0.141. The summed E-state index contributed by atoms with van der Waals surface area (Å²) in [5.74, 6) is 2.73. The number of halogens is 8. The van der Waals surface area contributed by atoms with E-state index in [1.807, 2.05) is 107 Å². The molecule has 1 saturated heterocycles. The number of oxime groups is 1. The number of alkyl halides is 3. The number of imidazole rings is 3. The summed E-state index contributed by atoms with van der Waals surface area (Å²) in [5, 5.41) is 12.6. The number of aromatic nitrogens is 12. The first-order chi connectivity index (χ1) is 52.1. The standard InChI is InChI=1S/C30H34ClFN6O2.C25H25ClF3N5O.C25H26ClFN6O2/c1-16(2)40-27-21(18(4)29-36-19(5)26-28(33)34-10-13-38(26)29)14-22(31)25(32)24(27)20-6-7-23(35-15-20)30(39)37-11-8-17(3)9-12-37;1-12(2)35-22-17(13(3)24-33-15(5)21-23(30)31-8-9-34(21)24)10-18(26)14(4)20(22)16-6-7-19(32-11-16)25(27,28)29;1-12(2)35-23-17(13(3)25-31-15(5)22-24(28)29-8-9-33(22)25)10-18(26)21(27)20(23)16-6-7-19(30-11-16)14(4)32-34/h6-7,10,13-18H,8-9,11-12H2,1-5H3,(H2,33,34);6-13H,1-5H3,(H2,30,31);6-13,34H,1-5H3,(H2,28,29)/b;;32-14+/t18-;2*13-/m000/s1. The van der Waals surface area contributed by atoms with Crippen LogP contribution in [-0.4, -0.2) is 111 Å². The number of hydrogen-bond donors (Lipinski definition) is 4. The molecule has 3 aromatic carbocycles. The number of amides is 1. The highest BCUT2D eigenvalue weighted by Gasteiger charge is 2.35. The summed E-state index contributed by atoms with van der Waals surface area (Å²) >= 11 is 19.5. The fourth-order valence-electron chi connectivity index (χ4n) is 13.6. The number of anilines is 3. The van der Waals surface area contributed by atoms with E-state index in [9.17, 15) is 18.0 Å². The van der Waals surface area contributed by atoms with Gasteiger partial charge in [0.1, 0.15) is 85.8 Å². The van der Waals surface area contributed by atoms with Crippen LogP contribution in [0, 0.1) is 45.2 Å². The number of piperidine rings is 1. The largest absolute Gasteiger partial charge is 0.490 e. The third-order valence-corrected chi connectivity index (χ3v) is 20.1. The Morgan fingerprint density at radius 3 is 1.24 bits per heavy atom. The van der Waals surface area contributed by atoms with Crippen LogP contribution >= 0.6 is 34.8 Å². The average molecular weight is 1570 g/mol. The number of benzene rings is 3. The predicted molar refractivity (Wildman–Crippen MR) is 418 cm³/mol. The second-order valence-corrected chi connectivity index (χ2v) is 29.3. The van der Waals surface area contributed by atoms with Gasteiger partial charge in [-0.1, -0.05) is 85.9 Å². The number of likely N-dealkylation sites (tertiary alicyclic amines) is 1. The first-order valence-corrected chi connectivity index (χ1v) is 36.8. The fourth-order valence-corrected chi connectivity index (χ4v) is 14.3. The van der Waals surface area contributed by atoms with Gasteiger partial charge in [-0.2, -0.15) is 13.2 Å². The molecule has 1 aliphatic heterocycles. The molecule has 9 aromatic heterocycles. The van der Waals surface area contributed by atoms with Gasteiger partial charge in [0, 0.05) is 131 Å². The number of pyridine rings is 3. The number of ether oxygens (including phenoxy) is 3. The summed E-state index contributed by atoms with van der Waals surface area (Å²) in [6.45, 7) is 29.8. The number of rotatable bonds is 17. The summed E-state index contributed by atoms with van der Waals surface area (Å²) in [6.07, 6.45) is 11.1. The normalized spacial score (nSPS) is 13.8. The van der Waals surface area contributed by atoms with Crippen molar-refractivity contribution in [3.8, 4) is 50.6 Å². The highest BCUT2D eigenvalue weighted by molar-refractivity contribution is 6.32. The summed E-state index contributed by atoms with van der Waals surface area (Å²) in [4.78, 5) is 54.0. The monoisotopic (exact) mass is 1560 g/mol. The lowest BCUT2D eigenvalue weighted by Crippen LogP contribution is -2.38. The molecule has 0 bridgehead atoms. The van der Waals surface area contributed by atoms with E-state index in [1.165, 1.54) is 24.7 Å². The molecule has 12 aromatic rings. The van der Waals surface area contributed by atoms with Gasteiger partial charge in [-0.25, -0.2) is 38.7 Å². The molecule has 22 nitrogen and oxygen atoms in total. The van der Waals surface area contributed by atoms with Gasteiger partial charge >= 0.3 is 6.18 Å². The molecule has 13 rings (SSSR count). The molecule has 0 aliphatic carbocycles. The van der Waals surface area contributed by atoms with E-state index in [0.29, 0.717) is 138 Å². The predicted octanol–water partition coefficient (Wildman–Crippen LogP) is 18.5. The topological polar surface area (TPSA) is 288 Å². The maximum atomic E-state index is 15.8. The number of nitrogens with two attached hydrogens (primary N) is 3. The first-order valence-electron chi connectivity index (χ1n) is 35.7. The first kappa shape index (κ1) is 80.3. The Morgan fingerprint density at radius 2 is 0.891 bits per heavy atom. The molecule has 0 saturated carbocycles. The number of hydrogen-bond acceptors (Lipinski definition) is 18. The minimum absolute atomic E-state index is 0.0469. The molecule has 30 heteroatoms. The zero-order valence-electron chi connectivity index (χ0n) is 63.4. The Bertz CT molecular complexity index is 5450. The number of nitrogen functional groups attached to an aromatic ring is 3. The van der Waals surface area contributed by atoms with Crippen LogP contribution < -0.4 is 31.4 Å². The van der Waals surface area contributed by atoms with Gasteiger partial charge in [0.05, 0.1) is 62.3 Å². The maximum Gasteiger partial charge on any atom is 0.433 e. The summed E-state index contributed by atoms with van der Waals surface area (Å²) in [7, 11) is 0. The molecule has 0 spiro atoms. The van der Waals surface area contributed by atoms with E-state index in [-0.39, 0.29) is 63.1 Å². The summed E-state index contributed by atoms with van der Waals surface area (Å²) in [6, 6.07) is 14.0. The van der Waals surface area contributed by atoms with Gasteiger partial charge in [0.15, 0.2) is 11.6 Å². The van der Waals surface area contributed by atoms with Gasteiger partial charge in [-0.3, -0.25) is 32.9 Å². The third kappa shape index (κ3) is 16.3. The van der Waals surface area contributed by atoms with Gasteiger partial charge < -0.3 is 41.5 Å². The Hall–Kier alpha value is -10.8.